The molecule has 0 atom stereocenters. The molecule has 0 aliphatic carbocycles. The Labute approximate surface area is 196 Å². The maximum absolute atomic E-state index is 5.49. The Balaban J connectivity index is 1.37. The predicted molar refractivity (Wildman–Crippen MR) is 132 cm³/mol. The normalized spacial score (nSPS) is 14.9. The van der Waals surface area contributed by atoms with Crippen molar-refractivity contribution in [2.75, 3.05) is 32.8 Å². The van der Waals surface area contributed by atoms with Crippen LogP contribution in [0.4, 0.5) is 0 Å². The van der Waals surface area contributed by atoms with Crippen LogP contribution >= 0.6 is 0 Å². The van der Waals surface area contributed by atoms with Gasteiger partial charge in [-0.1, -0.05) is 48.5 Å². The number of nitrogens with zero attached hydrogens (tertiary/aromatic N) is 4. The third-order valence-electron chi connectivity index (χ3n) is 5.74. The highest BCUT2D eigenvalue weighted by Gasteiger charge is 2.12. The van der Waals surface area contributed by atoms with E-state index in [0.717, 1.165) is 58.4 Å². The lowest BCUT2D eigenvalue weighted by Crippen LogP contribution is -2.38. The molecule has 2 heterocycles. The lowest BCUT2D eigenvalue weighted by atomic mass is 10.1. The van der Waals surface area contributed by atoms with Crippen LogP contribution in [-0.4, -0.2) is 53.3 Å². The summed E-state index contributed by atoms with van der Waals surface area (Å²) in [6.07, 6.45) is 5.63. The molecule has 174 valence electrons. The zero-order valence-electron chi connectivity index (χ0n) is 19.4. The molecule has 0 saturated carbocycles. The second-order valence-electron chi connectivity index (χ2n) is 8.26. The largest absolute Gasteiger partial charge is 0.379 e. The van der Waals surface area contributed by atoms with E-state index in [1.807, 2.05) is 18.7 Å². The van der Waals surface area contributed by atoms with Gasteiger partial charge in [-0.3, -0.25) is 4.90 Å². The molecular weight excluding hydrogens is 412 g/mol. The molecule has 0 bridgehead atoms. The Morgan fingerprint density at radius 3 is 2.61 bits per heavy atom. The maximum Gasteiger partial charge on any atom is 0.191 e. The number of morpholine rings is 1. The number of benzene rings is 2. The molecule has 7 nitrogen and oxygen atoms in total. The zero-order chi connectivity index (χ0) is 22.7. The molecule has 7 heteroatoms. The first-order chi connectivity index (χ1) is 16.3. The molecule has 1 aliphatic rings. The quantitative estimate of drug-likeness (QED) is 0.391. The van der Waals surface area contributed by atoms with E-state index in [-0.39, 0.29) is 0 Å². The van der Waals surface area contributed by atoms with Crippen LogP contribution < -0.4 is 10.6 Å². The highest BCUT2D eigenvalue weighted by Crippen LogP contribution is 2.13. The van der Waals surface area contributed by atoms with Gasteiger partial charge in [-0.05, 0) is 29.2 Å². The van der Waals surface area contributed by atoms with E-state index in [2.05, 4.69) is 80.5 Å². The lowest BCUT2D eigenvalue weighted by Gasteiger charge is -2.27. The molecule has 0 amide bonds. The van der Waals surface area contributed by atoms with Crippen LogP contribution in [0, 0.1) is 0 Å². The van der Waals surface area contributed by atoms with Crippen molar-refractivity contribution in [2.45, 2.75) is 33.1 Å². The van der Waals surface area contributed by atoms with Gasteiger partial charge >= 0.3 is 0 Å². The average Bonchev–Trinajstić information content (AvgIpc) is 3.36. The average molecular weight is 447 g/mol. The minimum Gasteiger partial charge on any atom is -0.379 e. The number of aliphatic imine (C=N–C) groups is 1. The van der Waals surface area contributed by atoms with Gasteiger partial charge < -0.3 is 19.9 Å². The van der Waals surface area contributed by atoms with Crippen molar-refractivity contribution in [3.05, 3.63) is 89.5 Å². The maximum atomic E-state index is 5.49. The molecule has 33 heavy (non-hydrogen) atoms. The summed E-state index contributed by atoms with van der Waals surface area (Å²) in [5.41, 5.74) is 5.10. The number of ether oxygens (including phenoxy) is 1. The first-order valence-electron chi connectivity index (χ1n) is 11.7. The van der Waals surface area contributed by atoms with E-state index >= 15 is 0 Å². The Hall–Kier alpha value is -3.16. The molecule has 0 unspecified atom stereocenters. The zero-order valence-corrected chi connectivity index (χ0v) is 19.4. The van der Waals surface area contributed by atoms with E-state index in [9.17, 15) is 0 Å². The smallest absolute Gasteiger partial charge is 0.191 e. The molecule has 1 fully saturated rings. The standard InChI is InChI=1S/C26H34N6O/c1-2-28-26(29-17-22-6-5-7-23(16-22)19-32-11-10-27-21-32)30-18-24-8-3-4-9-25(24)20-31-12-14-33-15-13-31/h3-11,16,21H,2,12-15,17-20H2,1H3,(H2,28,29,30). The molecule has 1 aromatic heterocycles. The van der Waals surface area contributed by atoms with E-state index in [1.54, 1.807) is 0 Å². The second kappa shape index (κ2) is 12.2. The van der Waals surface area contributed by atoms with Gasteiger partial charge in [0.1, 0.15) is 0 Å². The molecule has 2 aromatic carbocycles. The summed E-state index contributed by atoms with van der Waals surface area (Å²) in [7, 11) is 0. The molecule has 2 N–H and O–H groups in total. The van der Waals surface area contributed by atoms with Gasteiger partial charge in [0.2, 0.25) is 0 Å². The van der Waals surface area contributed by atoms with Gasteiger partial charge in [-0.2, -0.15) is 0 Å². The van der Waals surface area contributed by atoms with E-state index in [4.69, 9.17) is 9.73 Å². The van der Waals surface area contributed by atoms with Crippen LogP contribution in [0.1, 0.15) is 29.2 Å². The van der Waals surface area contributed by atoms with E-state index < -0.39 is 0 Å². The van der Waals surface area contributed by atoms with Crippen molar-refractivity contribution < 1.29 is 4.74 Å². The fourth-order valence-corrected chi connectivity index (χ4v) is 3.99. The minimum absolute atomic E-state index is 0.628. The summed E-state index contributed by atoms with van der Waals surface area (Å²) in [5, 5.41) is 6.89. The summed E-state index contributed by atoms with van der Waals surface area (Å²) >= 11 is 0. The summed E-state index contributed by atoms with van der Waals surface area (Å²) in [4.78, 5) is 11.4. The predicted octanol–water partition coefficient (Wildman–Crippen LogP) is 3.02. The van der Waals surface area contributed by atoms with Crippen molar-refractivity contribution in [3.63, 3.8) is 0 Å². The minimum atomic E-state index is 0.628. The first-order valence-corrected chi connectivity index (χ1v) is 11.7. The van der Waals surface area contributed by atoms with Crippen LogP contribution in [-0.2, 0) is 30.9 Å². The SMILES string of the molecule is CCNC(=NCc1cccc(Cn2ccnc2)c1)NCc1ccccc1CN1CCOCC1. The number of imidazole rings is 1. The summed E-state index contributed by atoms with van der Waals surface area (Å²) in [5.74, 6) is 0.832. The Kier molecular flexibility index (Phi) is 8.49. The van der Waals surface area contributed by atoms with Crippen molar-refractivity contribution in [3.8, 4) is 0 Å². The second-order valence-corrected chi connectivity index (χ2v) is 8.26. The van der Waals surface area contributed by atoms with Crippen molar-refractivity contribution in [2.24, 2.45) is 4.99 Å². The van der Waals surface area contributed by atoms with E-state index in [0.29, 0.717) is 6.54 Å². The lowest BCUT2D eigenvalue weighted by molar-refractivity contribution is 0.0341. The summed E-state index contributed by atoms with van der Waals surface area (Å²) in [6.45, 7) is 9.68. The third-order valence-corrected chi connectivity index (χ3v) is 5.74. The number of aromatic nitrogens is 2. The number of nitrogens with one attached hydrogen (secondary N) is 2. The highest BCUT2D eigenvalue weighted by molar-refractivity contribution is 5.79. The van der Waals surface area contributed by atoms with Crippen LogP contribution in [0.3, 0.4) is 0 Å². The van der Waals surface area contributed by atoms with Crippen molar-refractivity contribution >= 4 is 5.96 Å². The first kappa shape index (κ1) is 23.0. The van der Waals surface area contributed by atoms with Crippen molar-refractivity contribution in [1.29, 1.82) is 0 Å². The number of hydrogen-bond donors (Lipinski definition) is 2. The highest BCUT2D eigenvalue weighted by atomic mass is 16.5. The van der Waals surface area contributed by atoms with Gasteiger partial charge in [0.15, 0.2) is 5.96 Å². The van der Waals surface area contributed by atoms with Gasteiger partial charge in [0, 0.05) is 51.7 Å². The third kappa shape index (κ3) is 7.17. The topological polar surface area (TPSA) is 66.7 Å². The monoisotopic (exact) mass is 446 g/mol. The molecule has 3 aromatic rings. The molecule has 4 rings (SSSR count). The summed E-state index contributed by atoms with van der Waals surface area (Å²) < 4.78 is 7.56. The van der Waals surface area contributed by atoms with Crippen LogP contribution in [0.2, 0.25) is 0 Å². The van der Waals surface area contributed by atoms with Crippen LogP contribution in [0.5, 0.6) is 0 Å². The van der Waals surface area contributed by atoms with Gasteiger partial charge in [-0.25, -0.2) is 9.98 Å². The number of rotatable bonds is 9. The molecule has 0 spiro atoms. The Bertz CT molecular complexity index is 1010. The van der Waals surface area contributed by atoms with Gasteiger partial charge in [0.05, 0.1) is 26.1 Å². The molecule has 0 radical (unpaired) electrons. The Morgan fingerprint density at radius 1 is 1.00 bits per heavy atom. The van der Waals surface area contributed by atoms with Gasteiger partial charge in [-0.15, -0.1) is 0 Å². The van der Waals surface area contributed by atoms with Crippen LogP contribution in [0.25, 0.3) is 0 Å². The molecule has 1 aliphatic heterocycles. The fraction of sp³-hybridized carbons (Fsp3) is 0.385. The molecular formula is C26H34N6O. The van der Waals surface area contributed by atoms with Crippen molar-refractivity contribution in [1.82, 2.24) is 25.1 Å². The van der Waals surface area contributed by atoms with Crippen LogP contribution in [0.15, 0.2) is 72.2 Å². The van der Waals surface area contributed by atoms with E-state index in [1.165, 1.54) is 22.3 Å². The fourth-order valence-electron chi connectivity index (χ4n) is 3.99. The van der Waals surface area contributed by atoms with Gasteiger partial charge in [0.25, 0.3) is 0 Å². The number of hydrogen-bond acceptors (Lipinski definition) is 4. The molecule has 1 saturated heterocycles. The Morgan fingerprint density at radius 2 is 1.82 bits per heavy atom. The summed E-state index contributed by atoms with van der Waals surface area (Å²) in [6, 6.07) is 17.2. The number of guanidine groups is 1.